The number of aliphatic carboxylic acids is 1. The van der Waals surface area contributed by atoms with E-state index in [0.29, 0.717) is 4.34 Å². The molecule has 0 bridgehead atoms. The highest BCUT2D eigenvalue weighted by Crippen LogP contribution is 2.35. The fraction of sp³-hybridized carbons (Fsp3) is 0.294. The van der Waals surface area contributed by atoms with Crippen molar-refractivity contribution in [3.63, 3.8) is 0 Å². The van der Waals surface area contributed by atoms with Gasteiger partial charge in [-0.3, -0.25) is 14.5 Å². The lowest BCUT2D eigenvalue weighted by Gasteiger charge is -2.49. The van der Waals surface area contributed by atoms with Crippen LogP contribution in [0.5, 0.6) is 0 Å². The Labute approximate surface area is 203 Å². The molecule has 176 valence electrons. The van der Waals surface area contributed by atoms with Crippen molar-refractivity contribution >= 4 is 63.1 Å². The summed E-state index contributed by atoms with van der Waals surface area (Å²) >= 11 is 3.58. The van der Waals surface area contributed by atoms with E-state index in [2.05, 4.69) is 25.7 Å². The van der Waals surface area contributed by atoms with E-state index in [1.165, 1.54) is 28.5 Å². The van der Waals surface area contributed by atoms with Crippen molar-refractivity contribution in [3.05, 3.63) is 28.0 Å². The molecule has 1 fully saturated rings. The number of thioether (sulfide) groups is 1. The maximum absolute atomic E-state index is 12.8. The molecule has 17 heteroatoms. The van der Waals surface area contributed by atoms with Crippen LogP contribution in [0.25, 0.3) is 0 Å². The van der Waals surface area contributed by atoms with Gasteiger partial charge < -0.3 is 25.7 Å². The van der Waals surface area contributed by atoms with Gasteiger partial charge in [-0.25, -0.2) is 9.78 Å². The maximum atomic E-state index is 12.8. The van der Waals surface area contributed by atoms with Gasteiger partial charge in [0.2, 0.25) is 6.61 Å². The molecule has 4 rings (SSSR count). The second-order valence-corrected chi connectivity index (χ2v) is 9.50. The molecule has 0 radical (unpaired) electrons. The summed E-state index contributed by atoms with van der Waals surface area (Å²) in [5, 5.41) is 33.7. The third-order valence-corrected chi connectivity index (χ3v) is 7.11. The number of β-lactam (4-membered cyclic amide) rings is 1. The van der Waals surface area contributed by atoms with Crippen LogP contribution in [-0.4, -0.2) is 79.7 Å². The van der Waals surface area contributed by atoms with Gasteiger partial charge in [-0.1, -0.05) is 28.3 Å². The van der Waals surface area contributed by atoms with Gasteiger partial charge >= 0.3 is 5.97 Å². The summed E-state index contributed by atoms with van der Waals surface area (Å²) in [5.74, 6) is -2.50. The first kappa shape index (κ1) is 23.4. The Morgan fingerprint density at radius 1 is 1.50 bits per heavy atom. The number of hydrogen-bond donors (Lipinski definition) is 3. The first-order chi connectivity index (χ1) is 16.4. The summed E-state index contributed by atoms with van der Waals surface area (Å²) < 4.78 is 6.26. The minimum atomic E-state index is -1.33. The van der Waals surface area contributed by atoms with E-state index in [1.807, 2.05) is 0 Å². The normalized spacial score (nSPS) is 19.6. The zero-order valence-corrected chi connectivity index (χ0v) is 19.4. The van der Waals surface area contributed by atoms with Gasteiger partial charge in [0.1, 0.15) is 41.7 Å². The van der Waals surface area contributed by atoms with Crippen LogP contribution in [0.4, 0.5) is 5.13 Å². The molecule has 2 aliphatic rings. The number of carboxylic acids is 1. The van der Waals surface area contributed by atoms with E-state index >= 15 is 0 Å². The minimum absolute atomic E-state index is 0.0272. The van der Waals surface area contributed by atoms with Crippen LogP contribution in [0.2, 0.25) is 0 Å². The summed E-state index contributed by atoms with van der Waals surface area (Å²) in [6, 6.07) is -0.0806. The van der Waals surface area contributed by atoms with Crippen LogP contribution in [0.15, 0.2) is 31.8 Å². The van der Waals surface area contributed by atoms with Gasteiger partial charge in [0, 0.05) is 5.38 Å². The van der Waals surface area contributed by atoms with Gasteiger partial charge in [0.05, 0.1) is 5.75 Å². The molecular weight excluding hydrogens is 508 g/mol. The van der Waals surface area contributed by atoms with Crippen LogP contribution in [0.3, 0.4) is 0 Å². The molecule has 2 aromatic rings. The van der Waals surface area contributed by atoms with Crippen LogP contribution < -0.4 is 11.1 Å². The number of ether oxygens (including phenoxy) is 1. The standard InChI is InChI=1S/C17H14N8O6S3/c18-1-2-31-24-10(7-4-32-16(19)21-7)13(26)22-11-8-3-30-9(5-33-17-23-20-6-34-17)12(15(28)29)25(8)14(11)27/h4,6,8,11H,2-3,5H2,(H2,19,21)(H,22,26)(H,28,29)/b24-10+/t8-,11+/m1/s1. The SMILES string of the molecule is N#CCO/N=C(/C(=O)N[C@@H]1C(=O)N2C(C(=O)O)=C(CSc3nncs3)OC[C@H]12)c1csc(N)n1. The van der Waals surface area contributed by atoms with E-state index in [0.717, 1.165) is 16.2 Å². The highest BCUT2D eigenvalue weighted by Gasteiger charge is 2.55. The lowest BCUT2D eigenvalue weighted by molar-refractivity contribution is -0.160. The van der Waals surface area contributed by atoms with Crippen molar-refractivity contribution in [2.75, 3.05) is 24.7 Å². The minimum Gasteiger partial charge on any atom is -0.492 e. The zero-order valence-electron chi connectivity index (χ0n) is 16.9. The number of carbonyl (C=O) groups is 3. The van der Waals surface area contributed by atoms with E-state index in [9.17, 15) is 19.5 Å². The quantitative estimate of drug-likeness (QED) is 0.127. The average Bonchev–Trinajstić information content (AvgIpc) is 3.49. The largest absolute Gasteiger partial charge is 0.492 e. The number of nitrogens with two attached hydrogens (primary N) is 1. The van der Waals surface area contributed by atoms with Crippen molar-refractivity contribution in [1.29, 1.82) is 5.26 Å². The Balaban J connectivity index is 1.49. The summed E-state index contributed by atoms with van der Waals surface area (Å²) in [5.41, 5.74) is 6.68. The molecule has 34 heavy (non-hydrogen) atoms. The number of thiazole rings is 1. The number of hydrogen-bond acceptors (Lipinski definition) is 14. The van der Waals surface area contributed by atoms with E-state index in [1.54, 1.807) is 11.6 Å². The number of nitrogen functional groups attached to an aromatic ring is 1. The number of rotatable bonds is 9. The smallest absolute Gasteiger partial charge is 0.356 e. The summed E-state index contributed by atoms with van der Waals surface area (Å²) in [7, 11) is 0. The molecule has 0 aliphatic carbocycles. The van der Waals surface area contributed by atoms with E-state index < -0.39 is 36.5 Å². The number of carbonyl (C=O) groups excluding carboxylic acids is 2. The molecule has 0 saturated carbocycles. The molecule has 0 unspecified atom stereocenters. The predicted molar refractivity (Wildman–Crippen MR) is 118 cm³/mol. The maximum Gasteiger partial charge on any atom is 0.356 e. The van der Waals surface area contributed by atoms with Crippen LogP contribution >= 0.6 is 34.4 Å². The van der Waals surface area contributed by atoms with E-state index in [4.69, 9.17) is 20.6 Å². The van der Waals surface area contributed by atoms with Crippen LogP contribution in [-0.2, 0) is 24.0 Å². The third-order valence-electron chi connectivity index (χ3n) is 4.57. The number of nitrogens with zero attached hydrogens (tertiary/aromatic N) is 6. The molecule has 4 heterocycles. The average molecular weight is 523 g/mol. The summed E-state index contributed by atoms with van der Waals surface area (Å²) in [6.07, 6.45) is 0. The number of amides is 2. The molecule has 2 aliphatic heterocycles. The fourth-order valence-electron chi connectivity index (χ4n) is 3.16. The second kappa shape index (κ2) is 10.0. The number of fused-ring (bicyclic) bond motifs is 1. The monoisotopic (exact) mass is 522 g/mol. The molecule has 0 aromatic carbocycles. The molecule has 2 aromatic heterocycles. The van der Waals surface area contributed by atoms with Gasteiger partial charge in [-0.2, -0.15) is 5.26 Å². The van der Waals surface area contributed by atoms with Gasteiger partial charge in [-0.15, -0.1) is 21.5 Å². The topological polar surface area (TPSA) is 206 Å². The van der Waals surface area contributed by atoms with Crippen LogP contribution in [0, 0.1) is 11.3 Å². The Kier molecular flexibility index (Phi) is 6.90. The Morgan fingerprint density at radius 3 is 2.97 bits per heavy atom. The van der Waals surface area contributed by atoms with Crippen molar-refractivity contribution < 1.29 is 29.1 Å². The Hall–Kier alpha value is -3.75. The van der Waals surface area contributed by atoms with Crippen molar-refractivity contribution in [1.82, 2.24) is 25.4 Å². The highest BCUT2D eigenvalue weighted by atomic mass is 32.2. The van der Waals surface area contributed by atoms with Gasteiger partial charge in [-0.05, 0) is 0 Å². The Morgan fingerprint density at radius 2 is 2.32 bits per heavy atom. The number of nitriles is 1. The molecule has 14 nitrogen and oxygen atoms in total. The first-order valence-corrected chi connectivity index (χ1v) is 12.1. The third kappa shape index (κ3) is 4.64. The molecule has 0 spiro atoms. The first-order valence-electron chi connectivity index (χ1n) is 9.31. The predicted octanol–water partition coefficient (Wildman–Crippen LogP) is -0.365. The Bertz CT molecular complexity index is 1220. The second-order valence-electron chi connectivity index (χ2n) is 6.55. The molecule has 4 N–H and O–H groups in total. The van der Waals surface area contributed by atoms with Gasteiger partial charge in [0.25, 0.3) is 11.8 Å². The molecule has 1 saturated heterocycles. The fourth-order valence-corrected chi connectivity index (χ4v) is 5.14. The van der Waals surface area contributed by atoms with Crippen molar-refractivity contribution in [2.24, 2.45) is 5.16 Å². The number of aromatic nitrogens is 3. The molecule has 2 amide bonds. The lowest BCUT2D eigenvalue weighted by atomic mass is 9.92. The van der Waals surface area contributed by atoms with E-state index in [-0.39, 0.29) is 40.4 Å². The molecular formula is C17H14N8O6S3. The van der Waals surface area contributed by atoms with Crippen molar-refractivity contribution in [2.45, 2.75) is 16.4 Å². The summed E-state index contributed by atoms with van der Waals surface area (Å²) in [4.78, 5) is 47.4. The molecule has 2 atom stereocenters. The van der Waals surface area contributed by atoms with Gasteiger partial charge in [0.15, 0.2) is 20.9 Å². The number of carboxylic acid groups (broad SMARTS) is 1. The number of nitrogens with one attached hydrogen (secondary N) is 1. The lowest BCUT2D eigenvalue weighted by Crippen LogP contribution is -2.73. The number of anilines is 1. The zero-order chi connectivity index (χ0) is 24.2. The highest BCUT2D eigenvalue weighted by molar-refractivity contribution is 8.01. The van der Waals surface area contributed by atoms with Crippen LogP contribution in [0.1, 0.15) is 5.69 Å². The summed E-state index contributed by atoms with van der Waals surface area (Å²) in [6.45, 7) is -0.436. The number of oxime groups is 1. The van der Waals surface area contributed by atoms with Crippen molar-refractivity contribution in [3.8, 4) is 6.07 Å².